The highest BCUT2D eigenvalue weighted by atomic mass is 35.5. The Morgan fingerprint density at radius 2 is 1.90 bits per heavy atom. The Kier molecular flexibility index (Phi) is 8.83. The summed E-state index contributed by atoms with van der Waals surface area (Å²) in [5, 5.41) is 5.77. The van der Waals surface area contributed by atoms with Crippen LogP contribution in [0.3, 0.4) is 0 Å². The maximum atomic E-state index is 13.3. The fraction of sp³-hybridized carbons (Fsp3) is 0.250. The van der Waals surface area contributed by atoms with E-state index >= 15 is 0 Å². The van der Waals surface area contributed by atoms with Gasteiger partial charge >= 0.3 is 0 Å². The third-order valence-corrected chi connectivity index (χ3v) is 8.34. The van der Waals surface area contributed by atoms with Crippen molar-refractivity contribution in [2.45, 2.75) is 43.1 Å². The highest BCUT2D eigenvalue weighted by Gasteiger charge is 2.14. The average molecular weight is 596 g/mol. The van der Waals surface area contributed by atoms with Crippen LogP contribution in [0.15, 0.2) is 74.9 Å². The molecular weight excluding hydrogens is 570 g/mol. The van der Waals surface area contributed by atoms with Crippen molar-refractivity contribution in [2.24, 2.45) is 0 Å². The number of halogens is 1. The van der Waals surface area contributed by atoms with Gasteiger partial charge in [0.25, 0.3) is 11.1 Å². The van der Waals surface area contributed by atoms with Gasteiger partial charge in [-0.1, -0.05) is 29.8 Å². The first kappa shape index (κ1) is 27.9. The van der Waals surface area contributed by atoms with Crippen molar-refractivity contribution in [3.8, 4) is 5.75 Å². The standard InChI is InChI=1S/C28H26ClN5O4S2/c1-38-21-9-7-19(8-10-21)31-24(35)5-3-2-4-13-33-27(37)26-22(12-14-39-26)32-28(33)40-17-20-15-25(36)34-16-18(29)6-11-23(34)30-20/h6-12,14-16H,2-5,13,17H2,1H3,(H,31,35). The summed E-state index contributed by atoms with van der Waals surface area (Å²) < 4.78 is 8.84. The van der Waals surface area contributed by atoms with Crippen LogP contribution in [0.1, 0.15) is 31.4 Å². The van der Waals surface area contributed by atoms with E-state index in [9.17, 15) is 14.4 Å². The molecule has 0 aliphatic rings. The Morgan fingerprint density at radius 3 is 2.70 bits per heavy atom. The van der Waals surface area contributed by atoms with E-state index in [-0.39, 0.29) is 17.0 Å². The molecule has 0 atom stereocenters. The van der Waals surface area contributed by atoms with Gasteiger partial charge in [-0.05, 0) is 60.7 Å². The molecule has 12 heteroatoms. The lowest BCUT2D eigenvalue weighted by Gasteiger charge is -2.12. The van der Waals surface area contributed by atoms with Crippen LogP contribution in [-0.2, 0) is 17.1 Å². The molecule has 5 rings (SSSR count). The van der Waals surface area contributed by atoms with Crippen LogP contribution in [0, 0.1) is 0 Å². The van der Waals surface area contributed by atoms with Gasteiger partial charge in [0.2, 0.25) is 5.91 Å². The van der Waals surface area contributed by atoms with Crippen LogP contribution in [0.4, 0.5) is 5.69 Å². The van der Waals surface area contributed by atoms with Gasteiger partial charge in [-0.3, -0.25) is 23.4 Å². The van der Waals surface area contributed by atoms with E-state index in [1.807, 2.05) is 11.4 Å². The Bertz CT molecular complexity index is 1780. The normalized spacial score (nSPS) is 11.2. The first-order chi connectivity index (χ1) is 19.4. The topological polar surface area (TPSA) is 108 Å². The molecule has 4 heterocycles. The zero-order valence-corrected chi connectivity index (χ0v) is 24.0. The second kappa shape index (κ2) is 12.7. The summed E-state index contributed by atoms with van der Waals surface area (Å²) in [6.45, 7) is 0.481. The van der Waals surface area contributed by atoms with E-state index in [0.717, 1.165) is 24.3 Å². The highest BCUT2D eigenvalue weighted by molar-refractivity contribution is 7.98. The molecule has 40 heavy (non-hydrogen) atoms. The minimum atomic E-state index is -0.224. The largest absolute Gasteiger partial charge is 0.497 e. The number of hydrogen-bond acceptors (Lipinski definition) is 8. The van der Waals surface area contributed by atoms with Gasteiger partial charge in [0.05, 0.1) is 23.3 Å². The van der Waals surface area contributed by atoms with E-state index in [0.29, 0.717) is 56.9 Å². The molecule has 0 aliphatic heterocycles. The monoisotopic (exact) mass is 595 g/mol. The highest BCUT2D eigenvalue weighted by Crippen LogP contribution is 2.24. The summed E-state index contributed by atoms with van der Waals surface area (Å²) in [6.07, 6.45) is 4.12. The number of rotatable bonds is 11. The zero-order valence-electron chi connectivity index (χ0n) is 21.6. The number of amides is 1. The predicted octanol–water partition coefficient (Wildman–Crippen LogP) is 5.62. The molecule has 4 aromatic heterocycles. The maximum Gasteiger partial charge on any atom is 0.272 e. The number of aromatic nitrogens is 4. The van der Waals surface area contributed by atoms with E-state index in [4.69, 9.17) is 21.3 Å². The maximum absolute atomic E-state index is 13.3. The summed E-state index contributed by atoms with van der Waals surface area (Å²) in [5.41, 5.74) is 2.17. The van der Waals surface area contributed by atoms with E-state index < -0.39 is 0 Å². The number of carbonyl (C=O) groups excluding carboxylic acids is 1. The fourth-order valence-electron chi connectivity index (χ4n) is 4.20. The number of nitrogens with zero attached hydrogens (tertiary/aromatic N) is 4. The Morgan fingerprint density at radius 1 is 1.07 bits per heavy atom. The van der Waals surface area contributed by atoms with Gasteiger partial charge in [-0.2, -0.15) is 0 Å². The summed E-state index contributed by atoms with van der Waals surface area (Å²) in [5.74, 6) is 1.05. The third-order valence-electron chi connectivity index (χ3n) is 6.22. The van der Waals surface area contributed by atoms with Crippen molar-refractivity contribution in [3.63, 3.8) is 0 Å². The quantitative estimate of drug-likeness (QED) is 0.120. The van der Waals surface area contributed by atoms with Crippen molar-refractivity contribution in [1.29, 1.82) is 0 Å². The van der Waals surface area contributed by atoms with Gasteiger partial charge in [0.1, 0.15) is 16.1 Å². The summed E-state index contributed by atoms with van der Waals surface area (Å²) in [4.78, 5) is 47.4. The van der Waals surface area contributed by atoms with E-state index in [1.165, 1.54) is 39.8 Å². The number of benzene rings is 1. The summed E-state index contributed by atoms with van der Waals surface area (Å²) >= 11 is 8.75. The van der Waals surface area contributed by atoms with Crippen LogP contribution < -0.4 is 21.2 Å². The number of hydrogen-bond donors (Lipinski definition) is 1. The summed E-state index contributed by atoms with van der Waals surface area (Å²) in [7, 11) is 1.60. The molecule has 0 fully saturated rings. The van der Waals surface area contributed by atoms with Crippen LogP contribution >= 0.6 is 34.7 Å². The van der Waals surface area contributed by atoms with Crippen LogP contribution in [0.2, 0.25) is 5.02 Å². The minimum Gasteiger partial charge on any atom is -0.497 e. The number of methoxy groups -OCH3 is 1. The van der Waals surface area contributed by atoms with Gasteiger partial charge in [-0.25, -0.2) is 9.97 Å². The molecule has 0 aliphatic carbocycles. The third kappa shape index (κ3) is 6.55. The number of anilines is 1. The molecule has 9 nitrogen and oxygen atoms in total. The molecule has 5 aromatic rings. The Labute approximate surface area is 242 Å². The molecular formula is C28H26ClN5O4S2. The van der Waals surface area contributed by atoms with Crippen molar-refractivity contribution in [3.05, 3.63) is 91.5 Å². The van der Waals surface area contributed by atoms with Crippen LogP contribution in [-0.4, -0.2) is 32.0 Å². The van der Waals surface area contributed by atoms with Gasteiger partial charge in [-0.15, -0.1) is 11.3 Å². The van der Waals surface area contributed by atoms with Crippen molar-refractivity contribution in [1.82, 2.24) is 18.9 Å². The van der Waals surface area contributed by atoms with Gasteiger partial charge in [0, 0.05) is 36.7 Å². The van der Waals surface area contributed by atoms with E-state index in [1.54, 1.807) is 48.1 Å². The average Bonchev–Trinajstić information content (AvgIpc) is 3.43. The molecule has 0 saturated heterocycles. The predicted molar refractivity (Wildman–Crippen MR) is 160 cm³/mol. The number of ether oxygens (including phenoxy) is 1. The number of pyridine rings is 1. The molecule has 1 amide bonds. The molecule has 1 aromatic carbocycles. The number of unbranched alkanes of at least 4 members (excludes halogenated alkanes) is 2. The number of thiophene rings is 1. The molecule has 0 radical (unpaired) electrons. The zero-order chi connectivity index (χ0) is 28.1. The smallest absolute Gasteiger partial charge is 0.272 e. The SMILES string of the molecule is COc1ccc(NC(=O)CCCCCn2c(SCc3cc(=O)n4cc(Cl)ccc4n3)nc3ccsc3c2=O)cc1. The van der Waals surface area contributed by atoms with Crippen LogP contribution in [0.25, 0.3) is 15.9 Å². The molecule has 0 bridgehead atoms. The Balaban J connectivity index is 1.22. The second-order valence-electron chi connectivity index (χ2n) is 9.02. The molecule has 1 N–H and O–H groups in total. The number of fused-ring (bicyclic) bond motifs is 2. The summed E-state index contributed by atoms with van der Waals surface area (Å²) in [6, 6.07) is 13.9. The first-order valence-electron chi connectivity index (χ1n) is 12.6. The van der Waals surface area contributed by atoms with Crippen molar-refractivity contribution in [2.75, 3.05) is 12.4 Å². The lowest BCUT2D eigenvalue weighted by atomic mass is 10.2. The molecule has 0 spiro atoms. The number of thioether (sulfide) groups is 1. The van der Waals surface area contributed by atoms with Gasteiger partial charge in [0.15, 0.2) is 5.16 Å². The lowest BCUT2D eigenvalue weighted by molar-refractivity contribution is -0.116. The van der Waals surface area contributed by atoms with Gasteiger partial charge < -0.3 is 10.1 Å². The fourth-order valence-corrected chi connectivity index (χ4v) is 6.06. The minimum absolute atomic E-state index is 0.0543. The first-order valence-corrected chi connectivity index (χ1v) is 14.9. The van der Waals surface area contributed by atoms with Crippen LogP contribution in [0.5, 0.6) is 5.75 Å². The Hall–Kier alpha value is -3.67. The molecule has 206 valence electrons. The van der Waals surface area contributed by atoms with Crippen molar-refractivity contribution >= 4 is 62.2 Å². The molecule has 0 unspecified atom stereocenters. The van der Waals surface area contributed by atoms with Crippen molar-refractivity contribution < 1.29 is 9.53 Å². The molecule has 0 saturated carbocycles. The number of carbonyl (C=O) groups is 1. The number of nitrogens with one attached hydrogen (secondary N) is 1. The second-order valence-corrected chi connectivity index (χ2v) is 11.3. The lowest BCUT2D eigenvalue weighted by Crippen LogP contribution is -2.23. The van der Waals surface area contributed by atoms with E-state index in [2.05, 4.69) is 10.3 Å².